The number of hydrogen-bond acceptors (Lipinski definition) is 3. The van der Waals surface area contributed by atoms with Crippen molar-refractivity contribution in [2.24, 2.45) is 5.41 Å². The van der Waals surface area contributed by atoms with Crippen LogP contribution in [0.2, 0.25) is 0 Å². The average Bonchev–Trinajstić information content (AvgIpc) is 3.15. The minimum absolute atomic E-state index is 0.0202. The summed E-state index contributed by atoms with van der Waals surface area (Å²) in [4.78, 5) is 14.8. The van der Waals surface area contributed by atoms with Gasteiger partial charge in [-0.05, 0) is 76.8 Å². The predicted molar refractivity (Wildman–Crippen MR) is 84.2 cm³/mol. The molecule has 1 spiro atoms. The zero-order valence-corrected chi connectivity index (χ0v) is 13.7. The van der Waals surface area contributed by atoms with Gasteiger partial charge in [-0.1, -0.05) is 12.8 Å². The van der Waals surface area contributed by atoms with Gasteiger partial charge in [0.05, 0.1) is 13.0 Å². The second-order valence-corrected chi connectivity index (χ2v) is 7.61. The molecular formula is C18H31NO2. The van der Waals surface area contributed by atoms with Gasteiger partial charge in [-0.3, -0.25) is 9.69 Å². The van der Waals surface area contributed by atoms with Gasteiger partial charge in [0.25, 0.3) is 0 Å². The van der Waals surface area contributed by atoms with Gasteiger partial charge in [0.2, 0.25) is 0 Å². The molecule has 1 aliphatic heterocycles. The summed E-state index contributed by atoms with van der Waals surface area (Å²) in [7, 11) is 0. The quantitative estimate of drug-likeness (QED) is 0.736. The highest BCUT2D eigenvalue weighted by Gasteiger charge is 2.48. The highest BCUT2D eigenvalue weighted by molar-refractivity contribution is 5.71. The maximum absolute atomic E-state index is 12.1. The van der Waals surface area contributed by atoms with Gasteiger partial charge >= 0.3 is 5.97 Å². The Bertz CT molecular complexity index is 357. The maximum atomic E-state index is 12.1. The fraction of sp³-hybridized carbons (Fsp3) is 0.944. The van der Waals surface area contributed by atoms with Crippen LogP contribution in [-0.4, -0.2) is 36.1 Å². The van der Waals surface area contributed by atoms with Crippen LogP contribution in [0.5, 0.6) is 0 Å². The van der Waals surface area contributed by atoms with Gasteiger partial charge in [0.1, 0.15) is 0 Å². The molecule has 0 N–H and O–H groups in total. The third-order valence-electron chi connectivity index (χ3n) is 6.46. The van der Waals surface area contributed by atoms with E-state index in [-0.39, 0.29) is 11.5 Å². The van der Waals surface area contributed by atoms with Crippen molar-refractivity contribution in [2.75, 3.05) is 19.7 Å². The molecule has 0 aromatic rings. The number of esters is 1. The molecule has 1 saturated heterocycles. The Balaban J connectivity index is 1.70. The molecule has 3 nitrogen and oxygen atoms in total. The molecule has 1 heterocycles. The summed E-state index contributed by atoms with van der Waals surface area (Å²) in [6.07, 6.45) is 14.0. The van der Waals surface area contributed by atoms with Crippen molar-refractivity contribution < 1.29 is 9.53 Å². The lowest BCUT2D eigenvalue weighted by Gasteiger charge is -2.49. The molecule has 0 aromatic carbocycles. The second kappa shape index (κ2) is 6.28. The molecule has 0 aromatic heterocycles. The summed E-state index contributed by atoms with van der Waals surface area (Å²) in [5, 5.41) is 0. The Morgan fingerprint density at radius 3 is 2.14 bits per heavy atom. The van der Waals surface area contributed by atoms with Crippen molar-refractivity contribution in [3.8, 4) is 0 Å². The Morgan fingerprint density at radius 2 is 1.57 bits per heavy atom. The van der Waals surface area contributed by atoms with Gasteiger partial charge in [0, 0.05) is 5.54 Å². The van der Waals surface area contributed by atoms with E-state index in [2.05, 4.69) is 4.90 Å². The molecule has 3 aliphatic rings. The average molecular weight is 293 g/mol. The first-order valence-corrected chi connectivity index (χ1v) is 9.09. The zero-order valence-electron chi connectivity index (χ0n) is 13.7. The Morgan fingerprint density at radius 1 is 0.952 bits per heavy atom. The fourth-order valence-electron chi connectivity index (χ4n) is 5.15. The number of carbonyl (C=O) groups excluding carboxylic acids is 1. The molecule has 0 unspecified atom stereocenters. The lowest BCUT2D eigenvalue weighted by atomic mass is 9.65. The van der Waals surface area contributed by atoms with Gasteiger partial charge in [0.15, 0.2) is 0 Å². The third kappa shape index (κ3) is 3.13. The molecule has 21 heavy (non-hydrogen) atoms. The van der Waals surface area contributed by atoms with E-state index in [0.717, 1.165) is 0 Å². The fourth-order valence-corrected chi connectivity index (χ4v) is 5.15. The first-order chi connectivity index (χ1) is 10.2. The van der Waals surface area contributed by atoms with Crippen molar-refractivity contribution >= 4 is 5.97 Å². The van der Waals surface area contributed by atoms with Crippen LogP contribution in [0.15, 0.2) is 0 Å². The predicted octanol–water partition coefficient (Wildman–Crippen LogP) is 3.91. The molecule has 0 atom stereocenters. The summed E-state index contributed by atoms with van der Waals surface area (Å²) in [6.45, 7) is 4.80. The normalized spacial score (nSPS) is 28.0. The van der Waals surface area contributed by atoms with Crippen molar-refractivity contribution in [3.05, 3.63) is 0 Å². The molecule has 0 radical (unpaired) electrons. The maximum Gasteiger partial charge on any atom is 0.307 e. The SMILES string of the molecule is CCOC(=O)CC1(N2CCCC2)CCC2(CCCC2)CC1. The molecule has 3 heteroatoms. The molecule has 3 fully saturated rings. The minimum Gasteiger partial charge on any atom is -0.466 e. The molecular weight excluding hydrogens is 262 g/mol. The van der Waals surface area contributed by atoms with Crippen LogP contribution in [0, 0.1) is 5.41 Å². The van der Waals surface area contributed by atoms with Crippen LogP contribution in [0.3, 0.4) is 0 Å². The van der Waals surface area contributed by atoms with Crippen LogP contribution < -0.4 is 0 Å². The first kappa shape index (κ1) is 15.3. The Kier molecular flexibility index (Phi) is 4.58. The van der Waals surface area contributed by atoms with E-state index in [4.69, 9.17) is 4.74 Å². The number of likely N-dealkylation sites (tertiary alicyclic amines) is 1. The third-order valence-corrected chi connectivity index (χ3v) is 6.46. The lowest BCUT2D eigenvalue weighted by Crippen LogP contribution is -2.52. The first-order valence-electron chi connectivity index (χ1n) is 9.09. The van der Waals surface area contributed by atoms with E-state index in [0.29, 0.717) is 18.4 Å². The molecule has 2 aliphatic carbocycles. The Labute approximate surface area is 129 Å². The minimum atomic E-state index is 0.0202. The summed E-state index contributed by atoms with van der Waals surface area (Å²) in [6, 6.07) is 0. The van der Waals surface area contributed by atoms with E-state index in [1.807, 2.05) is 6.92 Å². The molecule has 120 valence electrons. The molecule has 3 rings (SSSR count). The molecule has 2 saturated carbocycles. The summed E-state index contributed by atoms with van der Waals surface area (Å²) in [5.74, 6) is 0.0202. The van der Waals surface area contributed by atoms with Gasteiger partial charge in [-0.15, -0.1) is 0 Å². The van der Waals surface area contributed by atoms with E-state index in [9.17, 15) is 4.79 Å². The van der Waals surface area contributed by atoms with Crippen LogP contribution in [0.4, 0.5) is 0 Å². The van der Waals surface area contributed by atoms with E-state index in [1.54, 1.807) is 0 Å². The van der Waals surface area contributed by atoms with E-state index < -0.39 is 0 Å². The van der Waals surface area contributed by atoms with Crippen LogP contribution >= 0.6 is 0 Å². The number of hydrogen-bond donors (Lipinski definition) is 0. The smallest absolute Gasteiger partial charge is 0.307 e. The molecule has 0 bridgehead atoms. The van der Waals surface area contributed by atoms with E-state index in [1.165, 1.54) is 77.3 Å². The van der Waals surface area contributed by atoms with Gasteiger partial charge in [-0.25, -0.2) is 0 Å². The van der Waals surface area contributed by atoms with Crippen molar-refractivity contribution in [2.45, 2.75) is 83.1 Å². The largest absolute Gasteiger partial charge is 0.466 e. The van der Waals surface area contributed by atoms with Crippen molar-refractivity contribution in [1.82, 2.24) is 4.90 Å². The summed E-state index contributed by atoms with van der Waals surface area (Å²) >= 11 is 0. The van der Waals surface area contributed by atoms with E-state index >= 15 is 0 Å². The lowest BCUT2D eigenvalue weighted by molar-refractivity contribution is -0.148. The zero-order chi connectivity index (χ0) is 14.8. The number of nitrogens with zero attached hydrogens (tertiary/aromatic N) is 1. The Hall–Kier alpha value is -0.570. The summed E-state index contributed by atoms with van der Waals surface area (Å²) < 4.78 is 5.28. The van der Waals surface area contributed by atoms with Gasteiger partial charge < -0.3 is 4.74 Å². The number of rotatable bonds is 4. The summed E-state index contributed by atoms with van der Waals surface area (Å²) in [5.41, 5.74) is 0.758. The van der Waals surface area contributed by atoms with Crippen molar-refractivity contribution in [1.29, 1.82) is 0 Å². The van der Waals surface area contributed by atoms with Crippen LogP contribution in [0.1, 0.15) is 77.6 Å². The highest BCUT2D eigenvalue weighted by atomic mass is 16.5. The van der Waals surface area contributed by atoms with Crippen LogP contribution in [0.25, 0.3) is 0 Å². The monoisotopic (exact) mass is 293 g/mol. The van der Waals surface area contributed by atoms with Crippen LogP contribution in [-0.2, 0) is 9.53 Å². The van der Waals surface area contributed by atoms with Crippen molar-refractivity contribution in [3.63, 3.8) is 0 Å². The highest BCUT2D eigenvalue weighted by Crippen LogP contribution is 2.53. The standard InChI is InChI=1S/C18H31NO2/c1-2-21-16(20)15-18(19-13-5-6-14-19)11-9-17(10-12-18)7-3-4-8-17/h2-15H2,1H3. The second-order valence-electron chi connectivity index (χ2n) is 7.61. The molecule has 0 amide bonds. The van der Waals surface area contributed by atoms with Gasteiger partial charge in [-0.2, -0.15) is 0 Å². The topological polar surface area (TPSA) is 29.5 Å². The number of carbonyl (C=O) groups is 1. The number of ether oxygens (including phenoxy) is 1.